The molecule has 0 spiro atoms. The molecule has 0 saturated heterocycles. The van der Waals surface area contributed by atoms with Gasteiger partial charge < -0.3 is 11.5 Å². The Bertz CT molecular complexity index is 1640. The van der Waals surface area contributed by atoms with Crippen LogP contribution in [0.15, 0.2) is 24.3 Å². The third-order valence-electron chi connectivity index (χ3n) is 11.3. The molecule has 0 saturated carbocycles. The molecule has 0 aliphatic carbocycles. The van der Waals surface area contributed by atoms with Crippen molar-refractivity contribution >= 4 is 11.4 Å². The molecule has 2 aromatic rings. The van der Waals surface area contributed by atoms with Crippen LogP contribution in [0, 0.1) is 0 Å². The van der Waals surface area contributed by atoms with Gasteiger partial charge in [-0.1, -0.05) is 55.4 Å². The molecule has 0 amide bonds. The second-order valence-corrected chi connectivity index (χ2v) is 15.1. The Labute approximate surface area is 332 Å². The maximum Gasteiger partial charge on any atom is 0.385 e. The monoisotopic (exact) mass is 908 g/mol. The van der Waals surface area contributed by atoms with Gasteiger partial charge in [0.25, 0.3) is 0 Å². The van der Waals surface area contributed by atoms with Gasteiger partial charge in [0.05, 0.1) is 0 Å². The lowest BCUT2D eigenvalue weighted by molar-refractivity contribution is -0.470. The van der Waals surface area contributed by atoms with Crippen molar-refractivity contribution < 1.29 is 87.8 Å². The summed E-state index contributed by atoms with van der Waals surface area (Å²) < 4.78 is 302. The molecule has 346 valence electrons. The van der Waals surface area contributed by atoms with Crippen LogP contribution >= 0.6 is 0 Å². The van der Waals surface area contributed by atoms with Crippen molar-refractivity contribution in [1.29, 1.82) is 0 Å². The van der Waals surface area contributed by atoms with E-state index in [9.17, 15) is 35.1 Å². The van der Waals surface area contributed by atoms with Crippen LogP contribution in [-0.4, -0.2) is 47.4 Å². The van der Waals surface area contributed by atoms with E-state index in [0.29, 0.717) is 0 Å². The lowest BCUT2D eigenvalue weighted by Crippen LogP contribution is -2.76. The first-order valence-corrected chi connectivity index (χ1v) is 18.3. The molecular weight excluding hydrogens is 864 g/mol. The molecule has 0 radical (unpaired) electrons. The Morgan fingerprint density at radius 3 is 0.633 bits per heavy atom. The number of benzene rings is 2. The average molecular weight is 909 g/mol. The minimum Gasteiger partial charge on any atom is -0.398 e. The summed E-state index contributed by atoms with van der Waals surface area (Å²) in [4.78, 5) is 0. The number of anilines is 2. The second kappa shape index (κ2) is 16.4. The first-order chi connectivity index (χ1) is 26.7. The molecule has 2 nitrogen and oxygen atoms in total. The number of alkyl halides is 20. The summed E-state index contributed by atoms with van der Waals surface area (Å²) in [7, 11) is 0. The maximum atomic E-state index is 15.5. The number of hydrogen-bond acceptors (Lipinski definition) is 2. The number of rotatable bonds is 19. The van der Waals surface area contributed by atoms with Crippen molar-refractivity contribution in [1.82, 2.24) is 0 Å². The molecular formula is C38H44F20N2. The number of hydrogen-bond donors (Lipinski definition) is 2. The van der Waals surface area contributed by atoms with Gasteiger partial charge in [0, 0.05) is 22.5 Å². The minimum atomic E-state index is -9.14. The van der Waals surface area contributed by atoms with Crippen LogP contribution in [-0.2, 0) is 11.8 Å². The summed E-state index contributed by atoms with van der Waals surface area (Å²) in [5, 5.41) is 0. The zero-order valence-electron chi connectivity index (χ0n) is 33.2. The smallest absolute Gasteiger partial charge is 0.385 e. The highest BCUT2D eigenvalue weighted by Gasteiger charge is 2.97. The van der Waals surface area contributed by atoms with Crippen molar-refractivity contribution in [2.24, 2.45) is 0 Å². The zero-order valence-corrected chi connectivity index (χ0v) is 33.2. The molecule has 2 rings (SSSR count). The van der Waals surface area contributed by atoms with E-state index in [2.05, 4.69) is 0 Å². The Balaban J connectivity index is 2.88. The standard InChI is InChI=1S/C38H44F20N2/c1-9-17(5)23-13-21(14-24(27(23)59)18(6)10-2)29(39,40)31(43,44)33(47,48)35(51,52)37(55,56)38(57,58)36(53,54)34(49,50)32(45,46)30(41,42)22-15-25(19(7)11-3)28(60)26(16-22)20(8)12-4/h13-20H,9-12,59-60H2,1-8H3. The molecule has 22 heteroatoms. The van der Waals surface area contributed by atoms with E-state index >= 15 is 52.7 Å². The van der Waals surface area contributed by atoms with Crippen molar-refractivity contribution in [2.45, 2.75) is 164 Å². The Hall–Kier alpha value is -3.36. The average Bonchev–Trinajstić information content (AvgIpc) is 3.15. The summed E-state index contributed by atoms with van der Waals surface area (Å²) in [6, 6.07) is -0.111. The van der Waals surface area contributed by atoms with Crippen molar-refractivity contribution in [2.75, 3.05) is 11.5 Å². The fourth-order valence-corrected chi connectivity index (χ4v) is 6.21. The molecule has 0 fully saturated rings. The van der Waals surface area contributed by atoms with Crippen LogP contribution in [0.5, 0.6) is 0 Å². The van der Waals surface area contributed by atoms with E-state index in [1.54, 1.807) is 0 Å². The Morgan fingerprint density at radius 1 is 0.333 bits per heavy atom. The Morgan fingerprint density at radius 2 is 0.483 bits per heavy atom. The van der Waals surface area contributed by atoms with E-state index in [1.807, 2.05) is 0 Å². The number of nitrogens with two attached hydrogens (primary N) is 2. The summed E-state index contributed by atoms with van der Waals surface area (Å²) in [5.41, 5.74) is 4.34. The van der Waals surface area contributed by atoms with E-state index in [1.165, 1.54) is 55.4 Å². The van der Waals surface area contributed by atoms with E-state index < -0.39 is 128 Å². The zero-order chi connectivity index (χ0) is 47.6. The van der Waals surface area contributed by atoms with Crippen molar-refractivity contribution in [3.63, 3.8) is 0 Å². The first-order valence-electron chi connectivity index (χ1n) is 18.3. The van der Waals surface area contributed by atoms with Crippen LogP contribution in [0.4, 0.5) is 99.2 Å². The molecule has 0 aromatic heterocycles. The van der Waals surface area contributed by atoms with Gasteiger partial charge in [-0.2, -0.15) is 87.8 Å². The third kappa shape index (κ3) is 7.41. The highest BCUT2D eigenvalue weighted by Crippen LogP contribution is 2.68. The van der Waals surface area contributed by atoms with Gasteiger partial charge >= 0.3 is 59.2 Å². The number of nitrogen functional groups attached to an aromatic ring is 2. The van der Waals surface area contributed by atoms with Crippen LogP contribution in [0.3, 0.4) is 0 Å². The molecule has 0 bridgehead atoms. The summed E-state index contributed by atoms with van der Waals surface area (Å²) in [5.74, 6) is -87.3. The molecule has 0 aliphatic heterocycles. The second-order valence-electron chi connectivity index (χ2n) is 15.1. The fourth-order valence-electron chi connectivity index (χ4n) is 6.21. The maximum absolute atomic E-state index is 15.5. The van der Waals surface area contributed by atoms with Crippen LogP contribution in [0.2, 0.25) is 0 Å². The van der Waals surface area contributed by atoms with Crippen molar-refractivity contribution in [3.05, 3.63) is 57.6 Å². The summed E-state index contributed by atoms with van der Waals surface area (Å²) in [6.07, 6.45) is -0.138. The van der Waals surface area contributed by atoms with Crippen LogP contribution in [0.25, 0.3) is 0 Å². The van der Waals surface area contributed by atoms with Gasteiger partial charge in [0.1, 0.15) is 0 Å². The number of halogens is 20. The van der Waals surface area contributed by atoms with E-state index in [0.717, 1.165) is 0 Å². The highest BCUT2D eigenvalue weighted by atomic mass is 19.4. The Kier molecular flexibility index (Phi) is 14.4. The molecule has 2 aromatic carbocycles. The molecule has 0 aliphatic rings. The quantitative estimate of drug-likeness (QED) is 0.109. The molecule has 4 N–H and O–H groups in total. The van der Waals surface area contributed by atoms with Crippen molar-refractivity contribution in [3.8, 4) is 0 Å². The van der Waals surface area contributed by atoms with Gasteiger partial charge in [-0.3, -0.25) is 0 Å². The van der Waals surface area contributed by atoms with E-state index in [4.69, 9.17) is 11.5 Å². The molecule has 0 heterocycles. The minimum absolute atomic E-state index is 0.0278. The van der Waals surface area contributed by atoms with Gasteiger partial charge in [0.2, 0.25) is 0 Å². The van der Waals surface area contributed by atoms with E-state index in [-0.39, 0.29) is 49.9 Å². The summed E-state index contributed by atoms with van der Waals surface area (Å²) in [6.45, 7) is 10.5. The fraction of sp³-hybridized carbons (Fsp3) is 0.684. The summed E-state index contributed by atoms with van der Waals surface area (Å²) >= 11 is 0. The van der Waals surface area contributed by atoms with Crippen LogP contribution < -0.4 is 11.5 Å². The lowest BCUT2D eigenvalue weighted by atomic mass is 9.81. The van der Waals surface area contributed by atoms with Gasteiger partial charge in [-0.25, -0.2) is 0 Å². The first kappa shape index (κ1) is 52.8. The topological polar surface area (TPSA) is 52.0 Å². The molecule has 60 heavy (non-hydrogen) atoms. The highest BCUT2D eigenvalue weighted by molar-refractivity contribution is 5.60. The van der Waals surface area contributed by atoms with Gasteiger partial charge in [-0.15, -0.1) is 0 Å². The predicted octanol–water partition coefficient (Wildman–Crippen LogP) is 14.9. The third-order valence-corrected chi connectivity index (χ3v) is 11.3. The molecule has 4 unspecified atom stereocenters. The predicted molar refractivity (Wildman–Crippen MR) is 184 cm³/mol. The normalized spacial score (nSPS) is 16.8. The largest absolute Gasteiger partial charge is 0.398 e. The van der Waals surface area contributed by atoms with Gasteiger partial charge in [0.15, 0.2) is 0 Å². The lowest BCUT2D eigenvalue weighted by Gasteiger charge is -2.45. The molecule has 4 atom stereocenters. The van der Waals surface area contributed by atoms with Crippen LogP contribution in [0.1, 0.15) is 138 Å². The van der Waals surface area contributed by atoms with Gasteiger partial charge in [-0.05, 0) is 95.9 Å². The SMILES string of the molecule is CCC(C)c1cc(C(F)(F)C(F)(F)C(F)(F)C(F)(F)C(F)(F)C(F)(F)C(F)(F)C(F)(F)C(F)(F)C(F)(F)c2cc(C(C)CC)c(N)c(C(C)CC)c2)cc(C(C)CC)c1N.